The van der Waals surface area contributed by atoms with E-state index in [1.165, 1.54) is 0 Å². The summed E-state index contributed by atoms with van der Waals surface area (Å²) >= 11 is 0. The van der Waals surface area contributed by atoms with Crippen LogP contribution < -0.4 is 5.32 Å². The van der Waals surface area contributed by atoms with Crippen molar-refractivity contribution in [3.05, 3.63) is 24.6 Å². The lowest BCUT2D eigenvalue weighted by Gasteiger charge is -2.12. The molecule has 9 heavy (non-hydrogen) atoms. The van der Waals surface area contributed by atoms with Gasteiger partial charge in [0.1, 0.15) is 0 Å². The molecule has 0 amide bonds. The van der Waals surface area contributed by atoms with Gasteiger partial charge < -0.3 is 10.2 Å². The zero-order valence-electron chi connectivity index (χ0n) is 6.31. The average Bonchev–Trinajstić information content (AvgIpc) is 1.82. The second kappa shape index (κ2) is 4.01. The van der Waals surface area contributed by atoms with Crippen LogP contribution in [0.1, 0.15) is 0 Å². The summed E-state index contributed by atoms with van der Waals surface area (Å²) in [4.78, 5) is 1.99. The maximum absolute atomic E-state index is 3.65. The number of likely N-dealkylation sites (N-methyl/N-ethyl adjacent to an activating group) is 1. The van der Waals surface area contributed by atoms with Crippen molar-refractivity contribution in [3.8, 4) is 0 Å². The number of allylic oxidation sites excluding steroid dienone is 1. The Balaban J connectivity index is 3.97. The molecule has 2 nitrogen and oxygen atoms in total. The Hall–Kier alpha value is -0.920. The number of nitrogens with one attached hydrogen (secondary N) is 1. The minimum Gasteiger partial charge on any atom is -0.392 e. The molecule has 0 atom stereocenters. The SMILES string of the molecule is C=C/C(=C\NC)N(C)C. The van der Waals surface area contributed by atoms with Gasteiger partial charge in [0.2, 0.25) is 0 Å². The quantitative estimate of drug-likeness (QED) is 0.562. The van der Waals surface area contributed by atoms with Crippen molar-refractivity contribution >= 4 is 0 Å². The fourth-order valence-corrected chi connectivity index (χ4v) is 0.518. The van der Waals surface area contributed by atoms with Crippen LogP contribution in [-0.4, -0.2) is 26.0 Å². The second-order valence-electron chi connectivity index (χ2n) is 1.96. The molecule has 52 valence electrons. The first kappa shape index (κ1) is 8.08. The Labute approximate surface area is 56.9 Å². The fourth-order valence-electron chi connectivity index (χ4n) is 0.518. The largest absolute Gasteiger partial charge is 0.392 e. The van der Waals surface area contributed by atoms with Gasteiger partial charge in [-0.25, -0.2) is 0 Å². The number of rotatable bonds is 3. The first-order chi connectivity index (χ1) is 4.22. The zero-order chi connectivity index (χ0) is 7.28. The molecule has 2 heteroatoms. The van der Waals surface area contributed by atoms with Gasteiger partial charge in [-0.2, -0.15) is 0 Å². The highest BCUT2D eigenvalue weighted by Crippen LogP contribution is 1.95. The van der Waals surface area contributed by atoms with Gasteiger partial charge in [-0.1, -0.05) is 6.58 Å². The summed E-state index contributed by atoms with van der Waals surface area (Å²) in [5.41, 5.74) is 1.08. The highest BCUT2D eigenvalue weighted by atomic mass is 15.1. The summed E-state index contributed by atoms with van der Waals surface area (Å²) in [7, 11) is 5.82. The van der Waals surface area contributed by atoms with E-state index < -0.39 is 0 Å². The topological polar surface area (TPSA) is 15.3 Å². The summed E-state index contributed by atoms with van der Waals surface area (Å²) < 4.78 is 0. The number of hydrogen-bond acceptors (Lipinski definition) is 2. The van der Waals surface area contributed by atoms with E-state index in [0.29, 0.717) is 0 Å². The van der Waals surface area contributed by atoms with Crippen molar-refractivity contribution < 1.29 is 0 Å². The first-order valence-corrected chi connectivity index (χ1v) is 2.89. The van der Waals surface area contributed by atoms with E-state index in [-0.39, 0.29) is 0 Å². The molecule has 0 saturated carbocycles. The van der Waals surface area contributed by atoms with Crippen LogP contribution in [0.3, 0.4) is 0 Å². The summed E-state index contributed by atoms with van der Waals surface area (Å²) in [6, 6.07) is 0. The van der Waals surface area contributed by atoms with Crippen molar-refractivity contribution in [3.63, 3.8) is 0 Å². The number of hydrogen-bond donors (Lipinski definition) is 1. The molecule has 0 saturated heterocycles. The highest BCUT2D eigenvalue weighted by Gasteiger charge is 1.88. The Morgan fingerprint density at radius 1 is 1.56 bits per heavy atom. The third-order valence-corrected chi connectivity index (χ3v) is 1.02. The van der Waals surface area contributed by atoms with Gasteiger partial charge in [0.05, 0.1) is 5.70 Å². The van der Waals surface area contributed by atoms with Crippen molar-refractivity contribution in [2.75, 3.05) is 21.1 Å². The van der Waals surface area contributed by atoms with E-state index in [0.717, 1.165) is 5.70 Å². The van der Waals surface area contributed by atoms with Gasteiger partial charge in [0.25, 0.3) is 0 Å². The molecule has 0 aliphatic heterocycles. The van der Waals surface area contributed by atoms with Gasteiger partial charge >= 0.3 is 0 Å². The fraction of sp³-hybridized carbons (Fsp3) is 0.429. The van der Waals surface area contributed by atoms with E-state index in [1.54, 1.807) is 6.08 Å². The van der Waals surface area contributed by atoms with Crippen molar-refractivity contribution in [2.45, 2.75) is 0 Å². The van der Waals surface area contributed by atoms with Crippen LogP contribution in [0.2, 0.25) is 0 Å². The highest BCUT2D eigenvalue weighted by molar-refractivity contribution is 5.12. The van der Waals surface area contributed by atoms with E-state index in [1.807, 2.05) is 32.2 Å². The molecule has 0 unspecified atom stereocenters. The van der Waals surface area contributed by atoms with Gasteiger partial charge in [-0.15, -0.1) is 0 Å². The number of nitrogens with zero attached hydrogens (tertiary/aromatic N) is 1. The van der Waals surface area contributed by atoms with Gasteiger partial charge in [-0.3, -0.25) is 0 Å². The Morgan fingerprint density at radius 2 is 2.11 bits per heavy atom. The lowest BCUT2D eigenvalue weighted by atomic mass is 10.4. The van der Waals surface area contributed by atoms with Crippen LogP contribution in [0, 0.1) is 0 Å². The molecule has 0 spiro atoms. The lowest BCUT2D eigenvalue weighted by Crippen LogP contribution is -2.11. The molecule has 1 N–H and O–H groups in total. The molecule has 0 fully saturated rings. The molecule has 0 aromatic carbocycles. The molecular weight excluding hydrogens is 112 g/mol. The van der Waals surface area contributed by atoms with Crippen LogP contribution in [0.25, 0.3) is 0 Å². The first-order valence-electron chi connectivity index (χ1n) is 2.89. The Kier molecular flexibility index (Phi) is 3.60. The monoisotopic (exact) mass is 126 g/mol. The predicted octanol–water partition coefficient (Wildman–Crippen LogP) is 0.795. The second-order valence-corrected chi connectivity index (χ2v) is 1.96. The normalized spacial score (nSPS) is 10.8. The zero-order valence-corrected chi connectivity index (χ0v) is 6.31. The Bertz CT molecular complexity index is 114. The third-order valence-electron chi connectivity index (χ3n) is 1.02. The summed E-state index contributed by atoms with van der Waals surface area (Å²) in [6.45, 7) is 3.65. The lowest BCUT2D eigenvalue weighted by molar-refractivity contribution is 0.526. The van der Waals surface area contributed by atoms with Crippen LogP contribution in [0.15, 0.2) is 24.6 Å². The minimum atomic E-state index is 1.08. The van der Waals surface area contributed by atoms with Crippen LogP contribution in [0.4, 0.5) is 0 Å². The Morgan fingerprint density at radius 3 is 2.22 bits per heavy atom. The van der Waals surface area contributed by atoms with Gasteiger partial charge in [0.15, 0.2) is 0 Å². The van der Waals surface area contributed by atoms with Crippen molar-refractivity contribution in [2.24, 2.45) is 0 Å². The summed E-state index contributed by atoms with van der Waals surface area (Å²) in [5, 5.41) is 2.93. The standard InChI is InChI=1S/C7H14N2/c1-5-7(6-8-2)9(3)4/h5-6,8H,1H2,2-4H3/b7-6+. The van der Waals surface area contributed by atoms with E-state index in [2.05, 4.69) is 11.9 Å². The van der Waals surface area contributed by atoms with E-state index in [9.17, 15) is 0 Å². The van der Waals surface area contributed by atoms with Crippen LogP contribution >= 0.6 is 0 Å². The van der Waals surface area contributed by atoms with Crippen molar-refractivity contribution in [1.82, 2.24) is 10.2 Å². The van der Waals surface area contributed by atoms with E-state index in [4.69, 9.17) is 0 Å². The minimum absolute atomic E-state index is 1.08. The molecule has 0 rings (SSSR count). The van der Waals surface area contributed by atoms with Crippen LogP contribution in [-0.2, 0) is 0 Å². The van der Waals surface area contributed by atoms with Crippen LogP contribution in [0.5, 0.6) is 0 Å². The molecule has 0 bridgehead atoms. The molecule has 0 radical (unpaired) electrons. The maximum atomic E-state index is 3.65. The predicted molar refractivity (Wildman–Crippen MR) is 41.0 cm³/mol. The van der Waals surface area contributed by atoms with Gasteiger partial charge in [-0.05, 0) is 6.08 Å². The average molecular weight is 126 g/mol. The molecule has 0 aromatic heterocycles. The third kappa shape index (κ3) is 2.80. The summed E-state index contributed by atoms with van der Waals surface area (Å²) in [5.74, 6) is 0. The smallest absolute Gasteiger partial charge is 0.0514 e. The van der Waals surface area contributed by atoms with E-state index >= 15 is 0 Å². The molecular formula is C7H14N2. The molecule has 0 aromatic rings. The molecule has 0 heterocycles. The molecule has 0 aliphatic carbocycles. The van der Waals surface area contributed by atoms with Crippen molar-refractivity contribution in [1.29, 1.82) is 0 Å². The maximum Gasteiger partial charge on any atom is 0.0514 e. The molecule has 0 aliphatic rings. The summed E-state index contributed by atoms with van der Waals surface area (Å²) in [6.07, 6.45) is 3.70. The van der Waals surface area contributed by atoms with Gasteiger partial charge in [0, 0.05) is 27.3 Å².